The van der Waals surface area contributed by atoms with E-state index in [2.05, 4.69) is 0 Å². The molecule has 0 aliphatic heterocycles. The van der Waals surface area contributed by atoms with Crippen LogP contribution in [-0.2, 0) is 0 Å². The van der Waals surface area contributed by atoms with Crippen molar-refractivity contribution >= 4 is 17.1 Å². The molecule has 3 heteroatoms. The number of hydrogen-bond acceptors (Lipinski definition) is 2. The standard InChI is InChI=1S/C9H9FOS/c10-7-3-4-12-9(7)8(11)5-6-1-2-6/h3-4,6H,1-2,5H2. The molecule has 1 fully saturated rings. The molecule has 0 saturated heterocycles. The minimum Gasteiger partial charge on any atom is -0.293 e. The number of hydrogen-bond donors (Lipinski definition) is 0. The van der Waals surface area contributed by atoms with Crippen molar-refractivity contribution in [3.63, 3.8) is 0 Å². The third-order valence-electron chi connectivity index (χ3n) is 2.04. The number of carbonyl (C=O) groups excluding carboxylic acids is 1. The molecule has 1 saturated carbocycles. The van der Waals surface area contributed by atoms with Crippen molar-refractivity contribution in [1.82, 2.24) is 0 Å². The molecule has 0 spiro atoms. The van der Waals surface area contributed by atoms with E-state index in [0.29, 0.717) is 17.2 Å². The van der Waals surface area contributed by atoms with Crippen molar-refractivity contribution in [3.8, 4) is 0 Å². The average molecular weight is 184 g/mol. The number of carbonyl (C=O) groups is 1. The minimum absolute atomic E-state index is 0.0231. The lowest BCUT2D eigenvalue weighted by molar-refractivity contribution is 0.0976. The molecule has 1 heterocycles. The van der Waals surface area contributed by atoms with Gasteiger partial charge in [-0.15, -0.1) is 11.3 Å². The van der Waals surface area contributed by atoms with E-state index in [9.17, 15) is 9.18 Å². The molecule has 1 aliphatic rings. The minimum atomic E-state index is -0.356. The first-order chi connectivity index (χ1) is 5.77. The first-order valence-electron chi connectivity index (χ1n) is 4.03. The van der Waals surface area contributed by atoms with Gasteiger partial charge in [-0.2, -0.15) is 0 Å². The third-order valence-corrected chi connectivity index (χ3v) is 2.97. The SMILES string of the molecule is O=C(CC1CC1)c1sccc1F. The van der Waals surface area contributed by atoms with Gasteiger partial charge in [-0.05, 0) is 30.2 Å². The van der Waals surface area contributed by atoms with Gasteiger partial charge in [-0.25, -0.2) is 4.39 Å². The van der Waals surface area contributed by atoms with Gasteiger partial charge in [0.2, 0.25) is 0 Å². The normalized spacial score (nSPS) is 16.4. The molecule has 0 unspecified atom stereocenters. The van der Waals surface area contributed by atoms with Gasteiger partial charge in [0.25, 0.3) is 0 Å². The Labute approximate surface area is 74.2 Å². The maximum Gasteiger partial charge on any atom is 0.176 e. The molecule has 64 valence electrons. The molecule has 2 rings (SSSR count). The number of thiophene rings is 1. The topological polar surface area (TPSA) is 17.1 Å². The third kappa shape index (κ3) is 1.55. The summed E-state index contributed by atoms with van der Waals surface area (Å²) in [5, 5.41) is 1.62. The van der Waals surface area contributed by atoms with E-state index in [0.717, 1.165) is 12.8 Å². The molecular weight excluding hydrogens is 175 g/mol. The van der Waals surface area contributed by atoms with Crippen LogP contribution in [0.2, 0.25) is 0 Å². The predicted octanol–water partition coefficient (Wildman–Crippen LogP) is 2.87. The molecule has 1 aromatic heterocycles. The highest BCUT2D eigenvalue weighted by atomic mass is 32.1. The molecule has 0 radical (unpaired) electrons. The van der Waals surface area contributed by atoms with Crippen LogP contribution in [0.25, 0.3) is 0 Å². The second-order valence-electron chi connectivity index (χ2n) is 3.17. The predicted molar refractivity (Wildman–Crippen MR) is 45.9 cm³/mol. The van der Waals surface area contributed by atoms with E-state index < -0.39 is 0 Å². The summed E-state index contributed by atoms with van der Waals surface area (Å²) in [6, 6.07) is 1.35. The molecule has 0 atom stereocenters. The monoisotopic (exact) mass is 184 g/mol. The zero-order chi connectivity index (χ0) is 8.55. The summed E-state index contributed by atoms with van der Waals surface area (Å²) in [4.78, 5) is 11.7. The molecule has 1 aliphatic carbocycles. The van der Waals surface area contributed by atoms with E-state index in [4.69, 9.17) is 0 Å². The summed E-state index contributed by atoms with van der Waals surface area (Å²) < 4.78 is 12.9. The lowest BCUT2D eigenvalue weighted by Gasteiger charge is -1.94. The lowest BCUT2D eigenvalue weighted by atomic mass is 10.2. The fourth-order valence-electron chi connectivity index (χ4n) is 1.17. The van der Waals surface area contributed by atoms with Gasteiger partial charge < -0.3 is 0 Å². The number of Topliss-reactive ketones (excluding diaryl/α,β-unsaturated/α-hetero) is 1. The fraction of sp³-hybridized carbons (Fsp3) is 0.444. The summed E-state index contributed by atoms with van der Waals surface area (Å²) in [5.41, 5.74) is 0. The van der Waals surface area contributed by atoms with Crippen molar-refractivity contribution in [2.24, 2.45) is 5.92 Å². The van der Waals surface area contributed by atoms with Gasteiger partial charge in [-0.1, -0.05) is 0 Å². The Kier molecular flexibility index (Phi) is 1.97. The van der Waals surface area contributed by atoms with Gasteiger partial charge in [-0.3, -0.25) is 4.79 Å². The van der Waals surface area contributed by atoms with Crippen molar-refractivity contribution in [2.75, 3.05) is 0 Å². The maximum atomic E-state index is 12.9. The fourth-order valence-corrected chi connectivity index (χ4v) is 1.89. The number of ketones is 1. The Morgan fingerprint density at radius 3 is 2.92 bits per heavy atom. The van der Waals surface area contributed by atoms with Gasteiger partial charge >= 0.3 is 0 Å². The van der Waals surface area contributed by atoms with E-state index in [1.165, 1.54) is 17.4 Å². The van der Waals surface area contributed by atoms with Crippen LogP contribution in [0, 0.1) is 11.7 Å². The highest BCUT2D eigenvalue weighted by Crippen LogP contribution is 2.34. The van der Waals surface area contributed by atoms with Crippen LogP contribution in [0.4, 0.5) is 4.39 Å². The van der Waals surface area contributed by atoms with Crippen molar-refractivity contribution in [2.45, 2.75) is 19.3 Å². The van der Waals surface area contributed by atoms with Crippen LogP contribution < -0.4 is 0 Å². The smallest absolute Gasteiger partial charge is 0.176 e. The van der Waals surface area contributed by atoms with Crippen LogP contribution in [0.5, 0.6) is 0 Å². The summed E-state index contributed by atoms with van der Waals surface area (Å²) in [6.45, 7) is 0. The second kappa shape index (κ2) is 2.98. The molecule has 0 bridgehead atoms. The van der Waals surface area contributed by atoms with Crippen molar-refractivity contribution < 1.29 is 9.18 Å². The Morgan fingerprint density at radius 2 is 2.42 bits per heavy atom. The molecule has 0 aromatic carbocycles. The highest BCUT2D eigenvalue weighted by molar-refractivity contribution is 7.12. The Morgan fingerprint density at radius 1 is 1.67 bits per heavy atom. The largest absolute Gasteiger partial charge is 0.293 e. The summed E-state index contributed by atoms with van der Waals surface area (Å²) in [7, 11) is 0. The quantitative estimate of drug-likeness (QED) is 0.660. The first-order valence-corrected chi connectivity index (χ1v) is 4.91. The van der Waals surface area contributed by atoms with Gasteiger partial charge in [0.15, 0.2) is 5.78 Å². The highest BCUT2D eigenvalue weighted by Gasteiger charge is 2.26. The molecule has 0 N–H and O–H groups in total. The lowest BCUT2D eigenvalue weighted by Crippen LogP contribution is -1.98. The van der Waals surface area contributed by atoms with Gasteiger partial charge in [0.05, 0.1) is 0 Å². The van der Waals surface area contributed by atoms with E-state index in [1.807, 2.05) is 0 Å². The molecule has 1 nitrogen and oxygen atoms in total. The second-order valence-corrected chi connectivity index (χ2v) is 4.08. The van der Waals surface area contributed by atoms with E-state index >= 15 is 0 Å². The summed E-state index contributed by atoms with van der Waals surface area (Å²) >= 11 is 1.20. The van der Waals surface area contributed by atoms with Gasteiger partial charge in [0.1, 0.15) is 10.7 Å². The van der Waals surface area contributed by atoms with E-state index in [1.54, 1.807) is 5.38 Å². The van der Waals surface area contributed by atoms with Crippen molar-refractivity contribution in [1.29, 1.82) is 0 Å². The zero-order valence-corrected chi connectivity index (χ0v) is 7.36. The molecule has 12 heavy (non-hydrogen) atoms. The van der Waals surface area contributed by atoms with Gasteiger partial charge in [0, 0.05) is 6.42 Å². The first kappa shape index (κ1) is 7.92. The Balaban J connectivity index is 2.07. The van der Waals surface area contributed by atoms with Crippen molar-refractivity contribution in [3.05, 3.63) is 22.1 Å². The molecule has 0 amide bonds. The van der Waals surface area contributed by atoms with Crippen LogP contribution in [-0.4, -0.2) is 5.78 Å². The zero-order valence-electron chi connectivity index (χ0n) is 6.55. The molecular formula is C9H9FOS. The van der Waals surface area contributed by atoms with Crippen LogP contribution >= 0.6 is 11.3 Å². The maximum absolute atomic E-state index is 12.9. The summed E-state index contributed by atoms with van der Waals surface area (Å²) in [6.07, 6.45) is 2.81. The van der Waals surface area contributed by atoms with Crippen LogP contribution in [0.15, 0.2) is 11.4 Å². The Hall–Kier alpha value is -0.700. The summed E-state index contributed by atoms with van der Waals surface area (Å²) in [5.74, 6) is 0.162. The van der Waals surface area contributed by atoms with Crippen LogP contribution in [0.1, 0.15) is 28.9 Å². The van der Waals surface area contributed by atoms with E-state index in [-0.39, 0.29) is 11.6 Å². The number of rotatable bonds is 3. The average Bonchev–Trinajstić information content (AvgIpc) is 2.72. The Bertz CT molecular complexity index is 301. The number of halogens is 1. The van der Waals surface area contributed by atoms with Crippen LogP contribution in [0.3, 0.4) is 0 Å². The molecule has 1 aromatic rings.